The van der Waals surface area contributed by atoms with Gasteiger partial charge in [-0.15, -0.1) is 6.58 Å². The summed E-state index contributed by atoms with van der Waals surface area (Å²) < 4.78 is 5.68. The first-order valence-corrected chi connectivity index (χ1v) is 9.18. The highest BCUT2D eigenvalue weighted by molar-refractivity contribution is 6.36. The predicted octanol–water partition coefficient (Wildman–Crippen LogP) is 3.97. The van der Waals surface area contributed by atoms with Crippen molar-refractivity contribution in [2.75, 3.05) is 6.61 Å². The van der Waals surface area contributed by atoms with Crippen molar-refractivity contribution in [3.8, 4) is 0 Å². The monoisotopic (exact) mass is 381 g/mol. The first kappa shape index (κ1) is 18.4. The number of carbonyl (C=O) groups is 2. The molecule has 1 atom stereocenters. The van der Waals surface area contributed by atoms with Crippen LogP contribution in [0.15, 0.2) is 24.8 Å². The van der Waals surface area contributed by atoms with Crippen molar-refractivity contribution in [3.63, 3.8) is 0 Å². The molecule has 6 heteroatoms. The van der Waals surface area contributed by atoms with E-state index in [2.05, 4.69) is 11.9 Å². The molecular weight excluding hydrogens is 361 g/mol. The van der Waals surface area contributed by atoms with Crippen LogP contribution in [0.2, 0.25) is 10.0 Å². The summed E-state index contributed by atoms with van der Waals surface area (Å²) in [7, 11) is 0. The molecule has 1 N–H and O–H groups in total. The molecular formula is C19H21Cl2NO3. The Bertz CT molecular complexity index is 700. The number of hydrogen-bond acceptors (Lipinski definition) is 3. The van der Waals surface area contributed by atoms with Gasteiger partial charge in [0.15, 0.2) is 5.78 Å². The van der Waals surface area contributed by atoms with Crippen LogP contribution in [0.25, 0.3) is 0 Å². The molecule has 1 saturated heterocycles. The van der Waals surface area contributed by atoms with Gasteiger partial charge in [0, 0.05) is 10.0 Å². The van der Waals surface area contributed by atoms with E-state index < -0.39 is 11.5 Å². The van der Waals surface area contributed by atoms with Crippen molar-refractivity contribution >= 4 is 34.9 Å². The largest absolute Gasteiger partial charge is 0.374 e. The average Bonchev–Trinajstić information content (AvgIpc) is 2.78. The topological polar surface area (TPSA) is 55.4 Å². The second-order valence-electron chi connectivity index (χ2n) is 6.81. The summed E-state index contributed by atoms with van der Waals surface area (Å²) in [4.78, 5) is 25.8. The summed E-state index contributed by atoms with van der Waals surface area (Å²) in [5, 5.41) is 3.81. The van der Waals surface area contributed by atoms with Crippen molar-refractivity contribution in [3.05, 3.63) is 46.0 Å². The third-order valence-corrected chi connectivity index (χ3v) is 5.72. The molecule has 1 saturated carbocycles. The highest BCUT2D eigenvalue weighted by Gasteiger charge is 2.54. The molecule has 1 aromatic carbocycles. The molecule has 2 aliphatic rings. The zero-order valence-corrected chi connectivity index (χ0v) is 15.6. The normalized spacial score (nSPS) is 29.1. The van der Waals surface area contributed by atoms with E-state index in [4.69, 9.17) is 27.9 Å². The van der Waals surface area contributed by atoms with Gasteiger partial charge in [-0.3, -0.25) is 9.59 Å². The van der Waals surface area contributed by atoms with E-state index >= 15 is 0 Å². The molecule has 3 rings (SSSR count). The fourth-order valence-corrected chi connectivity index (χ4v) is 4.64. The Labute approximate surface area is 157 Å². The van der Waals surface area contributed by atoms with Gasteiger partial charge < -0.3 is 10.1 Å². The van der Waals surface area contributed by atoms with Gasteiger partial charge in [-0.1, -0.05) is 29.3 Å². The Morgan fingerprint density at radius 3 is 2.60 bits per heavy atom. The molecule has 1 aliphatic carbocycles. The summed E-state index contributed by atoms with van der Waals surface area (Å²) in [6, 6.07) is 3.31. The van der Waals surface area contributed by atoms with Crippen molar-refractivity contribution in [1.29, 1.82) is 0 Å². The molecule has 0 radical (unpaired) electrons. The number of nitrogens with one attached hydrogen (secondary N) is 1. The number of aryl methyl sites for hydroxylation is 1. The van der Waals surface area contributed by atoms with Crippen LogP contribution >= 0.6 is 23.2 Å². The van der Waals surface area contributed by atoms with Crippen molar-refractivity contribution in [2.24, 2.45) is 0 Å². The van der Waals surface area contributed by atoms with Crippen molar-refractivity contribution in [1.82, 2.24) is 5.32 Å². The number of rotatable bonds is 4. The number of ketones is 1. The molecule has 1 unspecified atom stereocenters. The van der Waals surface area contributed by atoms with Crippen LogP contribution in [0.5, 0.6) is 0 Å². The number of amides is 1. The van der Waals surface area contributed by atoms with Crippen molar-refractivity contribution < 1.29 is 14.3 Å². The summed E-state index contributed by atoms with van der Waals surface area (Å²) in [5.41, 5.74) is 0.520. The number of Topliss-reactive ketones (excluding diaryl/α,β-unsaturated/α-hetero) is 1. The first-order chi connectivity index (χ1) is 11.9. The fourth-order valence-electron chi connectivity index (χ4n) is 3.93. The zero-order valence-electron chi connectivity index (χ0n) is 14.1. The third-order valence-electron chi connectivity index (χ3n) is 5.18. The van der Waals surface area contributed by atoms with E-state index in [9.17, 15) is 9.59 Å². The van der Waals surface area contributed by atoms with E-state index in [-0.39, 0.29) is 17.8 Å². The maximum absolute atomic E-state index is 13.2. The van der Waals surface area contributed by atoms with E-state index in [1.54, 1.807) is 18.2 Å². The fraction of sp³-hybridized carbons (Fsp3) is 0.474. The average molecular weight is 382 g/mol. The smallest absolute Gasteiger partial charge is 0.236 e. The zero-order chi connectivity index (χ0) is 18.2. The number of ether oxygens (including phenoxy) is 1. The van der Waals surface area contributed by atoms with Crippen LogP contribution < -0.4 is 5.32 Å². The van der Waals surface area contributed by atoms with Gasteiger partial charge in [-0.25, -0.2) is 0 Å². The lowest BCUT2D eigenvalue weighted by atomic mass is 9.75. The third kappa shape index (κ3) is 3.35. The van der Waals surface area contributed by atoms with E-state index in [0.29, 0.717) is 35.1 Å². The number of carbonyl (C=O) groups excluding carboxylic acids is 2. The first-order valence-electron chi connectivity index (χ1n) is 8.42. The molecule has 25 heavy (non-hydrogen) atoms. The van der Waals surface area contributed by atoms with Crippen LogP contribution in [-0.4, -0.2) is 29.9 Å². The summed E-state index contributed by atoms with van der Waals surface area (Å²) in [6.07, 6.45) is 4.46. The molecule has 1 aliphatic heterocycles. The summed E-state index contributed by atoms with van der Waals surface area (Å²) in [5.74, 6) is -1.23. The minimum atomic E-state index is -0.865. The SMILES string of the molecule is C=CCOC1CCC2(CC1)NC(=O)C(c1c(C)cc(Cl)cc1Cl)C2=O. The quantitative estimate of drug-likeness (QED) is 0.633. The van der Waals surface area contributed by atoms with Gasteiger partial charge in [-0.2, -0.15) is 0 Å². The molecule has 1 heterocycles. The highest BCUT2D eigenvalue weighted by Crippen LogP contribution is 2.42. The lowest BCUT2D eigenvalue weighted by Gasteiger charge is -2.35. The van der Waals surface area contributed by atoms with E-state index in [0.717, 1.165) is 18.4 Å². The Balaban J connectivity index is 1.83. The van der Waals surface area contributed by atoms with Crippen LogP contribution in [0.3, 0.4) is 0 Å². The van der Waals surface area contributed by atoms with Gasteiger partial charge in [-0.05, 0) is 55.9 Å². The Morgan fingerprint density at radius 2 is 2.00 bits per heavy atom. The highest BCUT2D eigenvalue weighted by atomic mass is 35.5. The van der Waals surface area contributed by atoms with Crippen LogP contribution in [-0.2, 0) is 14.3 Å². The number of benzene rings is 1. The minimum absolute atomic E-state index is 0.0907. The molecule has 134 valence electrons. The lowest BCUT2D eigenvalue weighted by molar-refractivity contribution is -0.126. The van der Waals surface area contributed by atoms with Crippen LogP contribution in [0.4, 0.5) is 0 Å². The Kier molecular flexibility index (Phi) is 5.24. The maximum Gasteiger partial charge on any atom is 0.236 e. The van der Waals surface area contributed by atoms with Gasteiger partial charge in [0.1, 0.15) is 5.92 Å². The van der Waals surface area contributed by atoms with E-state index in [1.807, 2.05) is 6.92 Å². The second-order valence-corrected chi connectivity index (χ2v) is 7.65. The van der Waals surface area contributed by atoms with Crippen LogP contribution in [0.1, 0.15) is 42.7 Å². The van der Waals surface area contributed by atoms with E-state index in [1.165, 1.54) is 0 Å². The Morgan fingerprint density at radius 1 is 1.32 bits per heavy atom. The summed E-state index contributed by atoms with van der Waals surface area (Å²) >= 11 is 12.3. The van der Waals surface area contributed by atoms with Gasteiger partial charge in [0.25, 0.3) is 0 Å². The molecule has 4 nitrogen and oxygen atoms in total. The lowest BCUT2D eigenvalue weighted by Crippen LogP contribution is -2.50. The second kappa shape index (κ2) is 7.10. The number of halogens is 2. The maximum atomic E-state index is 13.2. The predicted molar refractivity (Wildman–Crippen MR) is 98.2 cm³/mol. The van der Waals surface area contributed by atoms with Gasteiger partial charge in [0.2, 0.25) is 5.91 Å². The molecule has 1 spiro atoms. The molecule has 0 bridgehead atoms. The minimum Gasteiger partial charge on any atom is -0.374 e. The number of hydrogen-bond donors (Lipinski definition) is 1. The molecule has 2 fully saturated rings. The van der Waals surface area contributed by atoms with Crippen LogP contribution in [0, 0.1) is 6.92 Å². The molecule has 0 aromatic heterocycles. The van der Waals surface area contributed by atoms with Gasteiger partial charge >= 0.3 is 0 Å². The Hall–Kier alpha value is -1.36. The van der Waals surface area contributed by atoms with Gasteiger partial charge in [0.05, 0.1) is 18.2 Å². The standard InChI is InChI=1S/C19H21Cl2NO3/c1-3-8-25-13-4-6-19(7-5-13)17(23)16(18(24)22-19)15-11(2)9-12(20)10-14(15)21/h3,9-10,13,16H,1,4-8H2,2H3,(H,22,24). The summed E-state index contributed by atoms with van der Waals surface area (Å²) in [6.45, 7) is 5.96. The molecule has 1 amide bonds. The van der Waals surface area contributed by atoms with Crippen molar-refractivity contribution in [2.45, 2.75) is 50.2 Å². The molecule has 1 aromatic rings.